The maximum absolute atomic E-state index is 12.7. The Morgan fingerprint density at radius 1 is 1.11 bits per heavy atom. The number of fused-ring (bicyclic) bond motifs is 1. The summed E-state index contributed by atoms with van der Waals surface area (Å²) in [7, 11) is 1.65. The molecule has 1 aromatic carbocycles. The number of hydrogen-bond donors (Lipinski definition) is 1. The van der Waals surface area contributed by atoms with Gasteiger partial charge in [-0.25, -0.2) is 14.6 Å². The minimum atomic E-state index is -0.0907. The van der Waals surface area contributed by atoms with Gasteiger partial charge in [0, 0.05) is 43.2 Å². The predicted octanol–water partition coefficient (Wildman–Crippen LogP) is 2.23. The molecule has 3 heterocycles. The van der Waals surface area contributed by atoms with Crippen LogP contribution in [-0.4, -0.2) is 52.4 Å². The Morgan fingerprint density at radius 2 is 1.91 bits per heavy atom. The first kappa shape index (κ1) is 23.0. The molecule has 1 N–H and O–H groups in total. The van der Waals surface area contributed by atoms with Gasteiger partial charge in [0.2, 0.25) is 5.91 Å². The second kappa shape index (κ2) is 10.2. The predicted molar refractivity (Wildman–Crippen MR) is 132 cm³/mol. The number of carbonyl (C=O) groups excluding carboxylic acids is 1. The Labute approximate surface area is 204 Å². The van der Waals surface area contributed by atoms with E-state index in [-0.39, 0.29) is 17.4 Å². The molecule has 2 aliphatic rings. The Kier molecular flexibility index (Phi) is 6.74. The average molecular weight is 475 g/mol. The van der Waals surface area contributed by atoms with Gasteiger partial charge >= 0.3 is 0 Å². The van der Waals surface area contributed by atoms with Crippen LogP contribution in [0.25, 0.3) is 11.3 Å². The van der Waals surface area contributed by atoms with E-state index in [1.807, 2.05) is 30.3 Å². The number of ether oxygens (including phenoxy) is 1. The molecule has 2 aromatic heterocycles. The van der Waals surface area contributed by atoms with Crippen molar-refractivity contribution in [3.63, 3.8) is 0 Å². The molecule has 5 rings (SSSR count). The average Bonchev–Trinajstić information content (AvgIpc) is 3.36. The van der Waals surface area contributed by atoms with Crippen LogP contribution in [0.5, 0.6) is 5.75 Å². The molecule has 0 atom stereocenters. The molecule has 0 radical (unpaired) electrons. The van der Waals surface area contributed by atoms with E-state index in [0.717, 1.165) is 79.3 Å². The highest BCUT2D eigenvalue weighted by atomic mass is 16.5. The van der Waals surface area contributed by atoms with Crippen LogP contribution in [0.15, 0.2) is 47.5 Å². The highest BCUT2D eigenvalue weighted by Crippen LogP contribution is 2.26. The monoisotopic (exact) mass is 474 g/mol. The van der Waals surface area contributed by atoms with Crippen LogP contribution in [0.4, 0.5) is 5.82 Å². The van der Waals surface area contributed by atoms with Crippen LogP contribution >= 0.6 is 0 Å². The number of hydrogen-bond acceptors (Lipinski definition) is 7. The molecule has 9 heteroatoms. The summed E-state index contributed by atoms with van der Waals surface area (Å²) in [6.07, 6.45) is 6.01. The van der Waals surface area contributed by atoms with Gasteiger partial charge in [0.1, 0.15) is 17.9 Å². The number of aryl methyl sites for hydroxylation is 2. The van der Waals surface area contributed by atoms with Crippen molar-refractivity contribution in [2.24, 2.45) is 5.92 Å². The van der Waals surface area contributed by atoms with Crippen molar-refractivity contribution in [1.82, 2.24) is 25.1 Å². The van der Waals surface area contributed by atoms with Crippen molar-refractivity contribution < 1.29 is 9.53 Å². The van der Waals surface area contributed by atoms with E-state index in [0.29, 0.717) is 13.1 Å². The fourth-order valence-electron chi connectivity index (χ4n) is 4.84. The van der Waals surface area contributed by atoms with Crippen LogP contribution in [0.1, 0.15) is 30.5 Å². The maximum atomic E-state index is 12.7. The SMILES string of the molecule is COc1ccc(-c2cc(N3CCC(C(=O)NCCn4nc5c(cc4=O)CCC5)CC3)ncn2)cc1. The molecule has 0 saturated carbocycles. The first-order valence-corrected chi connectivity index (χ1v) is 12.2. The zero-order chi connectivity index (χ0) is 24.2. The lowest BCUT2D eigenvalue weighted by Crippen LogP contribution is -2.42. The van der Waals surface area contributed by atoms with Gasteiger partial charge < -0.3 is 15.0 Å². The number of nitrogens with one attached hydrogen (secondary N) is 1. The van der Waals surface area contributed by atoms with Gasteiger partial charge in [-0.05, 0) is 61.9 Å². The highest BCUT2D eigenvalue weighted by molar-refractivity contribution is 5.79. The topological polar surface area (TPSA) is 102 Å². The molecule has 0 bridgehead atoms. The van der Waals surface area contributed by atoms with E-state index >= 15 is 0 Å². The van der Waals surface area contributed by atoms with E-state index in [9.17, 15) is 9.59 Å². The van der Waals surface area contributed by atoms with Crippen molar-refractivity contribution in [3.05, 3.63) is 64.3 Å². The van der Waals surface area contributed by atoms with Crippen molar-refractivity contribution in [3.8, 4) is 17.0 Å². The number of aromatic nitrogens is 4. The smallest absolute Gasteiger partial charge is 0.267 e. The lowest BCUT2D eigenvalue weighted by molar-refractivity contribution is -0.125. The Morgan fingerprint density at radius 3 is 2.69 bits per heavy atom. The van der Waals surface area contributed by atoms with E-state index in [2.05, 4.69) is 25.3 Å². The quantitative estimate of drug-likeness (QED) is 0.560. The molecule has 0 spiro atoms. The number of benzene rings is 1. The lowest BCUT2D eigenvalue weighted by atomic mass is 9.96. The Bertz CT molecular complexity index is 1250. The molecule has 1 aliphatic heterocycles. The van der Waals surface area contributed by atoms with Crippen molar-refractivity contribution in [1.29, 1.82) is 0 Å². The summed E-state index contributed by atoms with van der Waals surface area (Å²) in [6, 6.07) is 11.5. The van der Waals surface area contributed by atoms with Crippen LogP contribution < -0.4 is 20.5 Å². The fourth-order valence-corrected chi connectivity index (χ4v) is 4.84. The van der Waals surface area contributed by atoms with Gasteiger partial charge in [0.15, 0.2) is 0 Å². The molecule has 1 amide bonds. The summed E-state index contributed by atoms with van der Waals surface area (Å²) < 4.78 is 6.70. The third-order valence-corrected chi connectivity index (χ3v) is 6.87. The van der Waals surface area contributed by atoms with Crippen LogP contribution in [0, 0.1) is 5.92 Å². The number of piperidine rings is 1. The standard InChI is InChI=1S/C26H30N6O3/c1-35-21-7-5-18(6-8-21)23-16-24(29-17-28-23)31-12-9-19(10-13-31)26(34)27-11-14-32-25(33)15-20-3-2-4-22(20)30-32/h5-8,15-17,19H,2-4,9-14H2,1H3,(H,27,34). The largest absolute Gasteiger partial charge is 0.497 e. The van der Waals surface area contributed by atoms with Crippen LogP contribution in [0.2, 0.25) is 0 Å². The first-order valence-electron chi connectivity index (χ1n) is 12.2. The van der Waals surface area contributed by atoms with Crippen molar-refractivity contribution in [2.45, 2.75) is 38.6 Å². The Hall–Kier alpha value is -3.75. The van der Waals surface area contributed by atoms with Gasteiger partial charge in [-0.2, -0.15) is 5.10 Å². The maximum Gasteiger partial charge on any atom is 0.267 e. The summed E-state index contributed by atoms with van der Waals surface area (Å²) in [5, 5.41) is 7.47. The lowest BCUT2D eigenvalue weighted by Gasteiger charge is -2.32. The zero-order valence-corrected chi connectivity index (χ0v) is 19.9. The van der Waals surface area contributed by atoms with Gasteiger partial charge in [-0.1, -0.05) is 0 Å². The molecule has 1 saturated heterocycles. The minimum Gasteiger partial charge on any atom is -0.497 e. The second-order valence-corrected chi connectivity index (χ2v) is 9.07. The second-order valence-electron chi connectivity index (χ2n) is 9.07. The number of anilines is 1. The van der Waals surface area contributed by atoms with Gasteiger partial charge in [-0.15, -0.1) is 0 Å². The number of nitrogens with zero attached hydrogens (tertiary/aromatic N) is 5. The number of methoxy groups -OCH3 is 1. The molecule has 35 heavy (non-hydrogen) atoms. The number of rotatable bonds is 7. The summed E-state index contributed by atoms with van der Waals surface area (Å²) in [6.45, 7) is 2.31. The van der Waals surface area contributed by atoms with Crippen LogP contribution in [-0.2, 0) is 24.2 Å². The molecule has 3 aromatic rings. The first-order chi connectivity index (χ1) is 17.1. The van der Waals surface area contributed by atoms with Crippen molar-refractivity contribution >= 4 is 11.7 Å². The van der Waals surface area contributed by atoms with Crippen molar-refractivity contribution in [2.75, 3.05) is 31.6 Å². The summed E-state index contributed by atoms with van der Waals surface area (Å²) >= 11 is 0. The van der Waals surface area contributed by atoms with Gasteiger partial charge in [0.25, 0.3) is 5.56 Å². The summed E-state index contributed by atoms with van der Waals surface area (Å²) in [5.74, 6) is 1.67. The van der Waals surface area contributed by atoms with E-state index < -0.39 is 0 Å². The summed E-state index contributed by atoms with van der Waals surface area (Å²) in [5.41, 5.74) is 3.85. The molecular weight excluding hydrogens is 444 g/mol. The van der Waals surface area contributed by atoms with E-state index in [4.69, 9.17) is 4.74 Å². The zero-order valence-electron chi connectivity index (χ0n) is 19.9. The van der Waals surface area contributed by atoms with E-state index in [1.54, 1.807) is 19.5 Å². The molecule has 0 unspecified atom stereocenters. The van der Waals surface area contributed by atoms with Gasteiger partial charge in [-0.3, -0.25) is 9.59 Å². The Balaban J connectivity index is 1.13. The normalized spacial score (nSPS) is 15.6. The van der Waals surface area contributed by atoms with E-state index in [1.165, 1.54) is 4.68 Å². The van der Waals surface area contributed by atoms with Gasteiger partial charge in [0.05, 0.1) is 25.0 Å². The number of amides is 1. The fraction of sp³-hybridized carbons (Fsp3) is 0.423. The molecule has 182 valence electrons. The number of carbonyl (C=O) groups is 1. The molecule has 1 fully saturated rings. The third-order valence-electron chi connectivity index (χ3n) is 6.87. The highest BCUT2D eigenvalue weighted by Gasteiger charge is 2.26. The molecular formula is C26H30N6O3. The third kappa shape index (κ3) is 5.18. The van der Waals surface area contributed by atoms with Crippen LogP contribution in [0.3, 0.4) is 0 Å². The molecule has 9 nitrogen and oxygen atoms in total. The molecule has 1 aliphatic carbocycles. The summed E-state index contributed by atoms with van der Waals surface area (Å²) in [4.78, 5) is 36.0. The minimum absolute atomic E-state index is 0.0421.